The van der Waals surface area contributed by atoms with Crippen LogP contribution in [0.25, 0.3) is 0 Å². The average molecular weight is 104 g/mol. The molecule has 0 aliphatic carbocycles. The number of hydrogen-bond donors (Lipinski definition) is 0. The molecule has 0 N–H and O–H groups in total. The lowest BCUT2D eigenvalue weighted by molar-refractivity contribution is 1.00. The summed E-state index contributed by atoms with van der Waals surface area (Å²) in [5, 5.41) is 15.0. The molecular weight excluding hydrogens is 102 g/mol. The fraction of sp³-hybridized carbons (Fsp3) is 0. The zero-order valence-corrected chi connectivity index (χ0v) is 4.00. The number of rotatable bonds is 0. The van der Waals surface area contributed by atoms with Gasteiger partial charge in [-0.15, -0.1) is 10.2 Å². The van der Waals surface area contributed by atoms with Crippen molar-refractivity contribution in [2.75, 3.05) is 0 Å². The van der Waals surface area contributed by atoms with E-state index < -0.39 is 0 Å². The van der Waals surface area contributed by atoms with Gasteiger partial charge in [0.1, 0.15) is 12.3 Å². The van der Waals surface area contributed by atoms with E-state index in [4.69, 9.17) is 5.26 Å². The van der Waals surface area contributed by atoms with E-state index in [1.54, 1.807) is 12.1 Å². The molecule has 1 radical (unpaired) electrons. The first kappa shape index (κ1) is 4.72. The number of aromatic nitrogens is 2. The van der Waals surface area contributed by atoms with Crippen LogP contribution in [0.3, 0.4) is 0 Å². The van der Waals surface area contributed by atoms with E-state index >= 15 is 0 Å². The van der Waals surface area contributed by atoms with Crippen LogP contribution in [0.5, 0.6) is 0 Å². The van der Waals surface area contributed by atoms with Crippen LogP contribution < -0.4 is 0 Å². The summed E-state index contributed by atoms with van der Waals surface area (Å²) in [5.74, 6) is 0. The molecule has 0 spiro atoms. The molecule has 3 heteroatoms. The Morgan fingerprint density at radius 3 is 3.00 bits per heavy atom. The smallest absolute Gasteiger partial charge is 0.163 e. The highest BCUT2D eigenvalue weighted by molar-refractivity contribution is 5.15. The summed E-state index contributed by atoms with van der Waals surface area (Å²) in [6, 6.07) is 4.93. The molecule has 0 saturated heterocycles. The molecule has 1 aromatic heterocycles. The molecule has 0 atom stereocenters. The highest BCUT2D eigenvalue weighted by Crippen LogP contribution is 1.83. The lowest BCUT2D eigenvalue weighted by Gasteiger charge is -1.77. The zero-order valence-electron chi connectivity index (χ0n) is 4.00. The summed E-state index contributed by atoms with van der Waals surface area (Å²) >= 11 is 0. The Balaban J connectivity index is 3.05. The molecule has 0 aromatic carbocycles. The normalized spacial score (nSPS) is 7.88. The van der Waals surface area contributed by atoms with Gasteiger partial charge in [0.2, 0.25) is 0 Å². The summed E-state index contributed by atoms with van der Waals surface area (Å²) in [6.45, 7) is 0. The van der Waals surface area contributed by atoms with E-state index in [2.05, 4.69) is 16.4 Å². The Morgan fingerprint density at radius 1 is 1.75 bits per heavy atom. The van der Waals surface area contributed by atoms with Gasteiger partial charge in [-0.05, 0) is 12.1 Å². The molecule has 0 amide bonds. The summed E-state index contributed by atoms with van der Waals surface area (Å²) in [4.78, 5) is 0. The van der Waals surface area contributed by atoms with Crippen molar-refractivity contribution in [3.8, 4) is 6.07 Å². The summed E-state index contributed by atoms with van der Waals surface area (Å²) in [6.07, 6.45) is 2.45. The zero-order chi connectivity index (χ0) is 5.82. The van der Waals surface area contributed by atoms with Crippen LogP contribution >= 0.6 is 0 Å². The van der Waals surface area contributed by atoms with Crippen molar-refractivity contribution in [3.63, 3.8) is 0 Å². The van der Waals surface area contributed by atoms with Crippen molar-refractivity contribution < 1.29 is 0 Å². The topological polar surface area (TPSA) is 49.6 Å². The number of nitrogens with zero attached hydrogens (tertiary/aromatic N) is 3. The molecular formula is C5H2N3. The van der Waals surface area contributed by atoms with E-state index in [9.17, 15) is 0 Å². The van der Waals surface area contributed by atoms with E-state index in [1.165, 1.54) is 0 Å². The Kier molecular flexibility index (Phi) is 1.20. The number of nitriles is 1. The van der Waals surface area contributed by atoms with Crippen molar-refractivity contribution in [2.45, 2.75) is 0 Å². The van der Waals surface area contributed by atoms with Gasteiger partial charge in [-0.1, -0.05) is 0 Å². The van der Waals surface area contributed by atoms with Gasteiger partial charge >= 0.3 is 0 Å². The van der Waals surface area contributed by atoms with Crippen LogP contribution in [0, 0.1) is 17.5 Å². The highest BCUT2D eigenvalue weighted by atomic mass is 15.1. The van der Waals surface area contributed by atoms with Crippen molar-refractivity contribution in [1.82, 2.24) is 10.2 Å². The molecule has 1 rings (SSSR count). The quantitative estimate of drug-likeness (QED) is 0.470. The Morgan fingerprint density at radius 2 is 2.62 bits per heavy atom. The van der Waals surface area contributed by atoms with Crippen LogP contribution in [0.2, 0.25) is 0 Å². The van der Waals surface area contributed by atoms with Gasteiger partial charge in [-0.2, -0.15) is 5.26 Å². The Labute approximate surface area is 46.6 Å². The first-order valence-electron chi connectivity index (χ1n) is 2.03. The largest absolute Gasteiger partial charge is 0.191 e. The third-order valence-corrected chi connectivity index (χ3v) is 0.646. The molecule has 3 nitrogen and oxygen atoms in total. The first-order valence-corrected chi connectivity index (χ1v) is 2.03. The fourth-order valence-electron chi connectivity index (χ4n) is 0.325. The SMILES string of the molecule is N#Cc1cc[c]nn1. The van der Waals surface area contributed by atoms with Crippen molar-refractivity contribution in [1.29, 1.82) is 5.26 Å². The molecule has 0 fully saturated rings. The van der Waals surface area contributed by atoms with Gasteiger partial charge in [0.25, 0.3) is 0 Å². The van der Waals surface area contributed by atoms with Gasteiger partial charge in [-0.3, -0.25) is 0 Å². The molecule has 0 unspecified atom stereocenters. The van der Waals surface area contributed by atoms with Gasteiger partial charge in [0.15, 0.2) is 5.69 Å². The molecule has 1 heterocycles. The second kappa shape index (κ2) is 2.03. The van der Waals surface area contributed by atoms with Gasteiger partial charge < -0.3 is 0 Å². The van der Waals surface area contributed by atoms with Crippen LogP contribution in [-0.2, 0) is 0 Å². The Bertz CT molecular complexity index is 199. The maximum Gasteiger partial charge on any atom is 0.163 e. The van der Waals surface area contributed by atoms with Crippen molar-refractivity contribution >= 4 is 0 Å². The van der Waals surface area contributed by atoms with Crippen LogP contribution in [-0.4, -0.2) is 10.2 Å². The molecule has 37 valence electrons. The molecule has 0 bridgehead atoms. The molecule has 0 saturated carbocycles. The minimum atomic E-state index is 0.323. The second-order valence-corrected chi connectivity index (χ2v) is 1.16. The third kappa shape index (κ3) is 0.793. The predicted octanol–water partition coefficient (Wildman–Crippen LogP) is 0.148. The summed E-state index contributed by atoms with van der Waals surface area (Å²) in [7, 11) is 0. The monoisotopic (exact) mass is 104 g/mol. The maximum absolute atomic E-state index is 8.17. The van der Waals surface area contributed by atoms with Crippen LogP contribution in [0.15, 0.2) is 12.1 Å². The van der Waals surface area contributed by atoms with E-state index in [0.717, 1.165) is 0 Å². The summed E-state index contributed by atoms with van der Waals surface area (Å²) < 4.78 is 0. The van der Waals surface area contributed by atoms with Gasteiger partial charge in [0, 0.05) is 0 Å². The molecule has 0 aliphatic heterocycles. The Hall–Kier alpha value is -1.43. The van der Waals surface area contributed by atoms with Gasteiger partial charge in [0.05, 0.1) is 0 Å². The maximum atomic E-state index is 8.17. The fourth-order valence-corrected chi connectivity index (χ4v) is 0.325. The average Bonchev–Trinajstić information content (AvgIpc) is 1.90. The van der Waals surface area contributed by atoms with E-state index in [1.807, 2.05) is 6.07 Å². The predicted molar refractivity (Wildman–Crippen MR) is 25.6 cm³/mol. The standard InChI is InChI=1S/C5H2N3/c6-4-5-2-1-3-7-8-5/h1-2H. The van der Waals surface area contributed by atoms with E-state index in [0.29, 0.717) is 5.69 Å². The molecule has 1 aromatic rings. The first-order chi connectivity index (χ1) is 3.93. The minimum absolute atomic E-state index is 0.323. The molecule has 0 aliphatic rings. The molecule has 8 heavy (non-hydrogen) atoms. The highest BCUT2D eigenvalue weighted by Gasteiger charge is 1.83. The van der Waals surface area contributed by atoms with Gasteiger partial charge in [-0.25, -0.2) is 0 Å². The lowest BCUT2D eigenvalue weighted by Crippen LogP contribution is -1.82. The second-order valence-electron chi connectivity index (χ2n) is 1.16. The van der Waals surface area contributed by atoms with Crippen LogP contribution in [0.1, 0.15) is 5.69 Å². The minimum Gasteiger partial charge on any atom is -0.191 e. The third-order valence-electron chi connectivity index (χ3n) is 0.646. The number of hydrogen-bond acceptors (Lipinski definition) is 3. The van der Waals surface area contributed by atoms with E-state index in [-0.39, 0.29) is 0 Å². The summed E-state index contributed by atoms with van der Waals surface area (Å²) in [5.41, 5.74) is 0.323. The van der Waals surface area contributed by atoms with Crippen LogP contribution in [0.4, 0.5) is 0 Å². The van der Waals surface area contributed by atoms with Crippen molar-refractivity contribution in [2.24, 2.45) is 0 Å². The van der Waals surface area contributed by atoms with Crippen molar-refractivity contribution in [3.05, 3.63) is 24.0 Å². The lowest BCUT2D eigenvalue weighted by atomic mass is 10.4.